The van der Waals surface area contributed by atoms with Crippen LogP contribution in [-0.2, 0) is 6.61 Å². The molecule has 0 fully saturated rings. The molecule has 0 unspecified atom stereocenters. The Kier molecular flexibility index (Phi) is 3.85. The van der Waals surface area contributed by atoms with Gasteiger partial charge in [-0.3, -0.25) is 0 Å². The molecule has 0 saturated heterocycles. The number of carboxylic acids is 1. The van der Waals surface area contributed by atoms with Gasteiger partial charge in [-0.15, -0.1) is 0 Å². The number of ether oxygens (including phenoxy) is 1. The molecular formula is C12H10INO4. The van der Waals surface area contributed by atoms with Crippen molar-refractivity contribution in [1.29, 1.82) is 0 Å². The second-order valence-electron chi connectivity index (χ2n) is 3.67. The zero-order chi connectivity index (χ0) is 13.1. The summed E-state index contributed by atoms with van der Waals surface area (Å²) in [7, 11) is 0. The molecule has 94 valence electrons. The SMILES string of the molecule is Cc1cc(COc2cc(C(=O)O)ccc2I)no1. The molecule has 0 saturated carbocycles. The summed E-state index contributed by atoms with van der Waals surface area (Å²) in [5.74, 6) is 0.257. The standard InChI is InChI=1S/C12H10INO4/c1-7-4-9(14-18-7)6-17-11-5-8(12(15)16)2-3-10(11)13/h2-5H,6H2,1H3,(H,15,16). The Hall–Kier alpha value is -1.57. The second-order valence-corrected chi connectivity index (χ2v) is 4.83. The lowest BCUT2D eigenvalue weighted by molar-refractivity contribution is 0.0696. The van der Waals surface area contributed by atoms with Crippen LogP contribution in [0.5, 0.6) is 5.75 Å². The number of nitrogens with zero attached hydrogens (tertiary/aromatic N) is 1. The first-order chi connectivity index (χ1) is 8.56. The number of hydrogen-bond donors (Lipinski definition) is 1. The number of benzene rings is 1. The summed E-state index contributed by atoms with van der Waals surface area (Å²) in [6, 6.07) is 6.51. The van der Waals surface area contributed by atoms with E-state index in [4.69, 9.17) is 14.4 Å². The van der Waals surface area contributed by atoms with Crippen LogP contribution in [0, 0.1) is 10.5 Å². The first-order valence-corrected chi connectivity index (χ1v) is 6.22. The number of carboxylic acid groups (broad SMARTS) is 1. The Morgan fingerprint density at radius 2 is 2.28 bits per heavy atom. The van der Waals surface area contributed by atoms with Crippen molar-refractivity contribution in [1.82, 2.24) is 5.16 Å². The highest BCUT2D eigenvalue weighted by molar-refractivity contribution is 14.1. The van der Waals surface area contributed by atoms with E-state index in [9.17, 15) is 4.79 Å². The molecule has 1 aromatic heterocycles. The van der Waals surface area contributed by atoms with E-state index >= 15 is 0 Å². The van der Waals surface area contributed by atoms with Crippen LogP contribution in [-0.4, -0.2) is 16.2 Å². The van der Waals surface area contributed by atoms with Crippen molar-refractivity contribution in [2.75, 3.05) is 0 Å². The van der Waals surface area contributed by atoms with Gasteiger partial charge in [0.15, 0.2) is 0 Å². The van der Waals surface area contributed by atoms with Crippen LogP contribution in [0.1, 0.15) is 21.8 Å². The van der Waals surface area contributed by atoms with Crippen molar-refractivity contribution >= 4 is 28.6 Å². The van der Waals surface area contributed by atoms with Crippen LogP contribution >= 0.6 is 22.6 Å². The molecule has 0 aliphatic carbocycles. The zero-order valence-electron chi connectivity index (χ0n) is 9.51. The largest absolute Gasteiger partial charge is 0.486 e. The number of carbonyl (C=O) groups is 1. The van der Waals surface area contributed by atoms with E-state index in [-0.39, 0.29) is 12.2 Å². The van der Waals surface area contributed by atoms with Crippen molar-refractivity contribution in [3.8, 4) is 5.75 Å². The average Bonchev–Trinajstić information content (AvgIpc) is 2.74. The lowest BCUT2D eigenvalue weighted by Gasteiger charge is -2.07. The van der Waals surface area contributed by atoms with Crippen LogP contribution in [0.4, 0.5) is 0 Å². The molecule has 18 heavy (non-hydrogen) atoms. The fraction of sp³-hybridized carbons (Fsp3) is 0.167. The molecule has 5 nitrogen and oxygen atoms in total. The molecule has 0 bridgehead atoms. The van der Waals surface area contributed by atoms with E-state index in [1.54, 1.807) is 19.1 Å². The molecule has 2 rings (SSSR count). The van der Waals surface area contributed by atoms with Gasteiger partial charge in [0.05, 0.1) is 9.13 Å². The van der Waals surface area contributed by atoms with E-state index in [2.05, 4.69) is 27.7 Å². The molecule has 2 aromatic rings. The highest BCUT2D eigenvalue weighted by atomic mass is 127. The average molecular weight is 359 g/mol. The summed E-state index contributed by atoms with van der Waals surface area (Å²) in [6.07, 6.45) is 0. The Bertz CT molecular complexity index is 579. The molecule has 6 heteroatoms. The maximum Gasteiger partial charge on any atom is 0.335 e. The van der Waals surface area contributed by atoms with Crippen LogP contribution in [0.3, 0.4) is 0 Å². The Morgan fingerprint density at radius 3 is 2.89 bits per heavy atom. The van der Waals surface area contributed by atoms with Gasteiger partial charge in [0.25, 0.3) is 0 Å². The smallest absolute Gasteiger partial charge is 0.335 e. The maximum atomic E-state index is 10.9. The summed E-state index contributed by atoms with van der Waals surface area (Å²) in [5, 5.41) is 12.7. The third-order valence-corrected chi connectivity index (χ3v) is 3.12. The number of hydrogen-bond acceptors (Lipinski definition) is 4. The minimum atomic E-state index is -0.978. The van der Waals surface area contributed by atoms with E-state index in [0.717, 1.165) is 3.57 Å². The number of rotatable bonds is 4. The van der Waals surface area contributed by atoms with E-state index in [1.165, 1.54) is 12.1 Å². The van der Waals surface area contributed by atoms with Crippen molar-refractivity contribution in [3.63, 3.8) is 0 Å². The molecule has 0 aliphatic rings. The Morgan fingerprint density at radius 1 is 1.50 bits per heavy atom. The minimum Gasteiger partial charge on any atom is -0.486 e. The van der Waals surface area contributed by atoms with Gasteiger partial charge in [0.2, 0.25) is 0 Å². The van der Waals surface area contributed by atoms with Gasteiger partial charge in [-0.25, -0.2) is 4.79 Å². The predicted octanol–water partition coefficient (Wildman–Crippen LogP) is 2.86. The molecule has 1 N–H and O–H groups in total. The number of aromatic nitrogens is 1. The van der Waals surface area contributed by atoms with Crippen molar-refractivity contribution in [3.05, 3.63) is 44.9 Å². The predicted molar refractivity (Wildman–Crippen MR) is 71.7 cm³/mol. The lowest BCUT2D eigenvalue weighted by Crippen LogP contribution is -2.01. The van der Waals surface area contributed by atoms with Crippen LogP contribution in [0.25, 0.3) is 0 Å². The molecule has 1 aromatic carbocycles. The van der Waals surface area contributed by atoms with Crippen molar-refractivity contribution in [2.45, 2.75) is 13.5 Å². The van der Waals surface area contributed by atoms with Crippen molar-refractivity contribution < 1.29 is 19.2 Å². The first-order valence-electron chi connectivity index (χ1n) is 5.14. The quantitative estimate of drug-likeness (QED) is 0.850. The van der Waals surface area contributed by atoms with Gasteiger partial charge in [-0.1, -0.05) is 5.16 Å². The van der Waals surface area contributed by atoms with E-state index < -0.39 is 5.97 Å². The molecule has 0 spiro atoms. The van der Waals surface area contributed by atoms with E-state index in [0.29, 0.717) is 17.2 Å². The zero-order valence-corrected chi connectivity index (χ0v) is 11.7. The maximum absolute atomic E-state index is 10.9. The van der Waals surface area contributed by atoms with Gasteiger partial charge < -0.3 is 14.4 Å². The Labute approximate surface area is 117 Å². The third kappa shape index (κ3) is 3.00. The third-order valence-electron chi connectivity index (χ3n) is 2.23. The molecule has 0 aliphatic heterocycles. The summed E-state index contributed by atoms with van der Waals surface area (Å²) < 4.78 is 11.3. The van der Waals surface area contributed by atoms with Crippen LogP contribution in [0.2, 0.25) is 0 Å². The summed E-state index contributed by atoms with van der Waals surface area (Å²) in [5.41, 5.74) is 0.866. The Balaban J connectivity index is 2.13. The molecule has 0 atom stereocenters. The van der Waals surface area contributed by atoms with Gasteiger partial charge in [-0.2, -0.15) is 0 Å². The molecular weight excluding hydrogens is 349 g/mol. The highest BCUT2D eigenvalue weighted by Gasteiger charge is 2.09. The van der Waals surface area contributed by atoms with Crippen LogP contribution in [0.15, 0.2) is 28.8 Å². The fourth-order valence-electron chi connectivity index (χ4n) is 1.38. The lowest BCUT2D eigenvalue weighted by atomic mass is 10.2. The molecule has 1 heterocycles. The van der Waals surface area contributed by atoms with Gasteiger partial charge in [0.1, 0.15) is 23.8 Å². The normalized spacial score (nSPS) is 10.3. The first kappa shape index (κ1) is 12.9. The topological polar surface area (TPSA) is 72.6 Å². The van der Waals surface area contributed by atoms with Gasteiger partial charge >= 0.3 is 5.97 Å². The number of halogens is 1. The highest BCUT2D eigenvalue weighted by Crippen LogP contribution is 2.23. The van der Waals surface area contributed by atoms with Crippen molar-refractivity contribution in [2.24, 2.45) is 0 Å². The summed E-state index contributed by atoms with van der Waals surface area (Å²) in [6.45, 7) is 2.04. The van der Waals surface area contributed by atoms with Gasteiger partial charge in [-0.05, 0) is 47.7 Å². The van der Waals surface area contributed by atoms with Gasteiger partial charge in [0, 0.05) is 6.07 Å². The summed E-state index contributed by atoms with van der Waals surface area (Å²) in [4.78, 5) is 10.9. The fourth-order valence-corrected chi connectivity index (χ4v) is 1.88. The second kappa shape index (κ2) is 5.38. The minimum absolute atomic E-state index is 0.196. The summed E-state index contributed by atoms with van der Waals surface area (Å²) >= 11 is 2.09. The monoisotopic (exact) mass is 359 g/mol. The molecule has 0 amide bonds. The van der Waals surface area contributed by atoms with E-state index in [1.807, 2.05) is 0 Å². The number of aryl methyl sites for hydroxylation is 1. The number of aromatic carboxylic acids is 1. The molecule has 0 radical (unpaired) electrons. The van der Waals surface area contributed by atoms with Crippen LogP contribution < -0.4 is 4.74 Å².